The van der Waals surface area contributed by atoms with Crippen molar-refractivity contribution in [1.29, 1.82) is 0 Å². The maximum Gasteiger partial charge on any atom is 0.0205 e. The van der Waals surface area contributed by atoms with Gasteiger partial charge in [0.1, 0.15) is 0 Å². The monoisotopic (exact) mass is 212 g/mol. The largest absolute Gasteiger partial charge is 0.327 e. The molecule has 0 aromatic carbocycles. The number of hydrogen-bond acceptors (Lipinski definition) is 2. The maximum atomic E-state index is 5.61. The lowest BCUT2D eigenvalue weighted by Crippen LogP contribution is -2.39. The van der Waals surface area contributed by atoms with E-state index in [1.54, 1.807) is 0 Å². The first-order valence-electron chi connectivity index (χ1n) is 6.15. The summed E-state index contributed by atoms with van der Waals surface area (Å²) in [5.74, 6) is 0.705. The fourth-order valence-electron chi connectivity index (χ4n) is 1.97. The molecular formula is C13H28N2. The summed E-state index contributed by atoms with van der Waals surface area (Å²) in [6.07, 6.45) is 2.42. The van der Waals surface area contributed by atoms with E-state index < -0.39 is 0 Å². The van der Waals surface area contributed by atoms with Crippen LogP contribution in [0.1, 0.15) is 40.5 Å². The molecule has 0 amide bonds. The van der Waals surface area contributed by atoms with Crippen molar-refractivity contribution in [3.8, 4) is 0 Å². The molecule has 2 N–H and O–H groups in total. The quantitative estimate of drug-likeness (QED) is 0.627. The minimum absolute atomic E-state index is 0.606. The molecule has 0 spiro atoms. The van der Waals surface area contributed by atoms with Gasteiger partial charge in [-0.1, -0.05) is 34.3 Å². The van der Waals surface area contributed by atoms with Crippen molar-refractivity contribution in [1.82, 2.24) is 4.90 Å². The van der Waals surface area contributed by atoms with Gasteiger partial charge in [-0.05, 0) is 24.3 Å². The molecule has 0 aromatic heterocycles. The fraction of sp³-hybridized carbons (Fsp3) is 0.846. The van der Waals surface area contributed by atoms with Crippen LogP contribution in [0.5, 0.6) is 0 Å². The van der Waals surface area contributed by atoms with E-state index in [-0.39, 0.29) is 0 Å². The summed E-state index contributed by atoms with van der Waals surface area (Å²) < 4.78 is 0. The van der Waals surface area contributed by atoms with Crippen molar-refractivity contribution in [3.63, 3.8) is 0 Å². The van der Waals surface area contributed by atoms with Crippen LogP contribution in [0, 0.1) is 5.92 Å². The molecule has 0 aromatic rings. The highest BCUT2D eigenvalue weighted by Gasteiger charge is 2.16. The molecule has 0 saturated carbocycles. The predicted octanol–water partition coefficient (Wildman–Crippen LogP) is 2.65. The van der Waals surface area contributed by atoms with Crippen LogP contribution in [0.15, 0.2) is 12.2 Å². The summed E-state index contributed by atoms with van der Waals surface area (Å²) in [7, 11) is 0. The molecule has 2 heteroatoms. The van der Waals surface area contributed by atoms with Gasteiger partial charge in [-0.25, -0.2) is 0 Å². The van der Waals surface area contributed by atoms with Crippen LogP contribution < -0.4 is 5.73 Å². The van der Waals surface area contributed by atoms with Crippen molar-refractivity contribution in [2.24, 2.45) is 11.7 Å². The van der Waals surface area contributed by atoms with Gasteiger partial charge in [0.25, 0.3) is 0 Å². The van der Waals surface area contributed by atoms with E-state index in [4.69, 9.17) is 5.73 Å². The van der Waals surface area contributed by atoms with Gasteiger partial charge in [-0.15, -0.1) is 0 Å². The molecule has 0 aliphatic rings. The van der Waals surface area contributed by atoms with E-state index >= 15 is 0 Å². The molecule has 15 heavy (non-hydrogen) atoms. The van der Waals surface area contributed by atoms with Gasteiger partial charge in [0.2, 0.25) is 0 Å². The average molecular weight is 212 g/mol. The average Bonchev–Trinajstić information content (AvgIpc) is 2.18. The van der Waals surface area contributed by atoms with Gasteiger partial charge in [0.05, 0.1) is 0 Å². The number of nitrogens with two attached hydrogens (primary N) is 1. The van der Waals surface area contributed by atoms with Crippen LogP contribution in [0.25, 0.3) is 0 Å². The van der Waals surface area contributed by atoms with Gasteiger partial charge < -0.3 is 5.73 Å². The Labute approximate surface area is 95.5 Å². The zero-order valence-electron chi connectivity index (χ0n) is 10.9. The van der Waals surface area contributed by atoms with Gasteiger partial charge in [0.15, 0.2) is 0 Å². The SMILES string of the molecule is C=C(CN)CN(CC(C)C)C(CC)CC. The molecule has 2 nitrogen and oxygen atoms in total. The summed E-state index contributed by atoms with van der Waals surface area (Å²) in [6, 6.07) is 0.677. The van der Waals surface area contributed by atoms with E-state index in [2.05, 4.69) is 39.2 Å². The Morgan fingerprint density at radius 2 is 1.80 bits per heavy atom. The molecule has 0 unspecified atom stereocenters. The molecule has 0 aliphatic heterocycles. The molecule has 0 saturated heterocycles. The standard InChI is InChI=1S/C13H28N2/c1-6-13(7-2)15(9-11(3)4)10-12(5)8-14/h11,13H,5-10,14H2,1-4H3. The first-order valence-corrected chi connectivity index (χ1v) is 6.15. The molecular weight excluding hydrogens is 184 g/mol. The van der Waals surface area contributed by atoms with Crippen molar-refractivity contribution in [2.75, 3.05) is 19.6 Å². The van der Waals surface area contributed by atoms with Crippen molar-refractivity contribution in [2.45, 2.75) is 46.6 Å². The molecule has 0 heterocycles. The van der Waals surface area contributed by atoms with E-state index in [9.17, 15) is 0 Å². The van der Waals surface area contributed by atoms with Crippen molar-refractivity contribution < 1.29 is 0 Å². The Hall–Kier alpha value is -0.340. The minimum atomic E-state index is 0.606. The highest BCUT2D eigenvalue weighted by atomic mass is 15.2. The van der Waals surface area contributed by atoms with E-state index in [1.165, 1.54) is 12.8 Å². The Balaban J connectivity index is 4.34. The predicted molar refractivity (Wildman–Crippen MR) is 69.0 cm³/mol. The minimum Gasteiger partial charge on any atom is -0.327 e. The summed E-state index contributed by atoms with van der Waals surface area (Å²) in [4.78, 5) is 2.53. The van der Waals surface area contributed by atoms with Crippen molar-refractivity contribution >= 4 is 0 Å². The number of hydrogen-bond donors (Lipinski definition) is 1. The Morgan fingerprint density at radius 1 is 1.27 bits per heavy atom. The first kappa shape index (κ1) is 14.7. The second-order valence-corrected chi connectivity index (χ2v) is 4.75. The van der Waals surface area contributed by atoms with E-state index in [0.717, 1.165) is 18.7 Å². The van der Waals surface area contributed by atoms with Crippen LogP contribution in [-0.2, 0) is 0 Å². The third-order valence-corrected chi connectivity index (χ3v) is 2.77. The second kappa shape index (κ2) is 7.89. The van der Waals surface area contributed by atoms with Gasteiger partial charge in [-0.3, -0.25) is 4.90 Å². The third-order valence-electron chi connectivity index (χ3n) is 2.77. The van der Waals surface area contributed by atoms with Gasteiger partial charge in [-0.2, -0.15) is 0 Å². The van der Waals surface area contributed by atoms with Crippen LogP contribution >= 0.6 is 0 Å². The van der Waals surface area contributed by atoms with Crippen LogP contribution in [0.3, 0.4) is 0 Å². The van der Waals surface area contributed by atoms with Crippen LogP contribution in [-0.4, -0.2) is 30.6 Å². The van der Waals surface area contributed by atoms with Gasteiger partial charge in [0, 0.05) is 25.7 Å². The molecule has 0 atom stereocenters. The van der Waals surface area contributed by atoms with E-state index in [0.29, 0.717) is 18.5 Å². The summed E-state index contributed by atoms with van der Waals surface area (Å²) in [5, 5.41) is 0. The highest BCUT2D eigenvalue weighted by molar-refractivity contribution is 4.99. The lowest BCUT2D eigenvalue weighted by atomic mass is 10.1. The molecule has 0 fully saturated rings. The van der Waals surface area contributed by atoms with Crippen molar-refractivity contribution in [3.05, 3.63) is 12.2 Å². The maximum absolute atomic E-state index is 5.61. The fourth-order valence-corrected chi connectivity index (χ4v) is 1.97. The summed E-state index contributed by atoms with van der Waals surface area (Å²) in [5.41, 5.74) is 6.75. The number of nitrogens with zero attached hydrogens (tertiary/aromatic N) is 1. The van der Waals surface area contributed by atoms with Gasteiger partial charge >= 0.3 is 0 Å². The molecule has 0 radical (unpaired) electrons. The Bertz CT molecular complexity index is 171. The summed E-state index contributed by atoms with van der Waals surface area (Å²) >= 11 is 0. The Kier molecular flexibility index (Phi) is 7.71. The normalized spacial score (nSPS) is 11.7. The van der Waals surface area contributed by atoms with E-state index in [1.807, 2.05) is 0 Å². The third kappa shape index (κ3) is 5.95. The molecule has 0 aliphatic carbocycles. The van der Waals surface area contributed by atoms with Crippen LogP contribution in [0.2, 0.25) is 0 Å². The topological polar surface area (TPSA) is 29.3 Å². The Morgan fingerprint density at radius 3 is 2.13 bits per heavy atom. The zero-order chi connectivity index (χ0) is 11.8. The van der Waals surface area contributed by atoms with Crippen LogP contribution in [0.4, 0.5) is 0 Å². The molecule has 90 valence electrons. The molecule has 0 bridgehead atoms. The number of rotatable bonds is 8. The molecule has 0 rings (SSSR count). The lowest BCUT2D eigenvalue weighted by molar-refractivity contribution is 0.180. The smallest absolute Gasteiger partial charge is 0.0205 e. The highest BCUT2D eigenvalue weighted by Crippen LogP contribution is 2.12. The summed E-state index contributed by atoms with van der Waals surface area (Å²) in [6.45, 7) is 15.8. The first-order chi connectivity index (χ1) is 7.04. The lowest BCUT2D eigenvalue weighted by Gasteiger charge is -2.32. The zero-order valence-corrected chi connectivity index (χ0v) is 10.9. The second-order valence-electron chi connectivity index (χ2n) is 4.75.